The molecular formula is C20H16N2O3S. The number of hydrogen-bond donors (Lipinski definition) is 3. The van der Waals surface area contributed by atoms with Crippen LogP contribution in [0.4, 0.5) is 0 Å². The number of hydrogen-bond acceptors (Lipinski definition) is 4. The molecule has 130 valence electrons. The van der Waals surface area contributed by atoms with Gasteiger partial charge in [0.15, 0.2) is 4.87 Å². The van der Waals surface area contributed by atoms with Gasteiger partial charge in [-0.2, -0.15) is 0 Å². The second-order valence-electron chi connectivity index (χ2n) is 6.15. The SMILES string of the molecule is NC(=O)C12NC(=O)C(c3ccccc3)C(O)=C1C(c1ccccc1)=CS2. The summed E-state index contributed by atoms with van der Waals surface area (Å²) in [5, 5.41) is 15.6. The van der Waals surface area contributed by atoms with Gasteiger partial charge in [-0.25, -0.2) is 0 Å². The van der Waals surface area contributed by atoms with Gasteiger partial charge >= 0.3 is 0 Å². The van der Waals surface area contributed by atoms with Crippen molar-refractivity contribution in [3.05, 3.63) is 88.5 Å². The molecule has 2 unspecified atom stereocenters. The van der Waals surface area contributed by atoms with E-state index in [0.717, 1.165) is 17.3 Å². The smallest absolute Gasteiger partial charge is 0.259 e. The van der Waals surface area contributed by atoms with E-state index in [1.807, 2.05) is 36.4 Å². The third-order valence-electron chi connectivity index (χ3n) is 4.63. The van der Waals surface area contributed by atoms with Crippen molar-refractivity contribution >= 4 is 29.1 Å². The summed E-state index contributed by atoms with van der Waals surface area (Å²) in [5.41, 5.74) is 8.17. The molecule has 0 spiro atoms. The molecule has 5 nitrogen and oxygen atoms in total. The van der Waals surface area contributed by atoms with Crippen molar-refractivity contribution in [2.45, 2.75) is 10.8 Å². The van der Waals surface area contributed by atoms with Gasteiger partial charge in [0.1, 0.15) is 11.7 Å². The van der Waals surface area contributed by atoms with Crippen LogP contribution < -0.4 is 11.1 Å². The topological polar surface area (TPSA) is 92.4 Å². The van der Waals surface area contributed by atoms with Crippen LogP contribution in [-0.4, -0.2) is 21.8 Å². The lowest BCUT2D eigenvalue weighted by molar-refractivity contribution is -0.129. The summed E-state index contributed by atoms with van der Waals surface area (Å²) in [6, 6.07) is 18.4. The maximum Gasteiger partial charge on any atom is 0.259 e. The number of primary amides is 1. The Morgan fingerprint density at radius 1 is 1.08 bits per heavy atom. The normalized spacial score (nSPS) is 24.7. The summed E-state index contributed by atoms with van der Waals surface area (Å²) in [5.74, 6) is -2.19. The Kier molecular flexibility index (Phi) is 3.85. The number of thioether (sulfide) groups is 1. The van der Waals surface area contributed by atoms with E-state index in [1.165, 1.54) is 0 Å². The second-order valence-corrected chi connectivity index (χ2v) is 7.24. The molecule has 4 N–H and O–H groups in total. The first kappa shape index (κ1) is 16.5. The van der Waals surface area contributed by atoms with E-state index in [-0.39, 0.29) is 5.76 Å². The Bertz CT molecular complexity index is 954. The van der Waals surface area contributed by atoms with Crippen molar-refractivity contribution in [1.82, 2.24) is 5.32 Å². The highest BCUT2D eigenvalue weighted by molar-refractivity contribution is 8.05. The number of rotatable bonds is 3. The highest BCUT2D eigenvalue weighted by Gasteiger charge is 2.54. The molecular weight excluding hydrogens is 348 g/mol. The molecule has 0 saturated carbocycles. The van der Waals surface area contributed by atoms with Crippen LogP contribution in [0.2, 0.25) is 0 Å². The van der Waals surface area contributed by atoms with E-state index in [2.05, 4.69) is 5.32 Å². The van der Waals surface area contributed by atoms with Gasteiger partial charge in [-0.15, -0.1) is 0 Å². The number of aliphatic hydroxyl groups excluding tert-OH is 1. The van der Waals surface area contributed by atoms with Gasteiger partial charge in [0.2, 0.25) is 5.91 Å². The van der Waals surface area contributed by atoms with Crippen molar-refractivity contribution < 1.29 is 14.7 Å². The van der Waals surface area contributed by atoms with Gasteiger partial charge in [-0.3, -0.25) is 9.59 Å². The molecule has 2 aromatic rings. The Morgan fingerprint density at radius 3 is 2.31 bits per heavy atom. The first-order chi connectivity index (χ1) is 12.5. The largest absolute Gasteiger partial charge is 0.511 e. The summed E-state index contributed by atoms with van der Waals surface area (Å²) in [6.07, 6.45) is 0. The van der Waals surface area contributed by atoms with Gasteiger partial charge in [0.05, 0.1) is 0 Å². The van der Waals surface area contributed by atoms with E-state index < -0.39 is 22.6 Å². The molecule has 0 fully saturated rings. The molecule has 0 saturated heterocycles. The molecule has 2 amide bonds. The Labute approximate surface area is 154 Å². The zero-order valence-corrected chi connectivity index (χ0v) is 14.5. The quantitative estimate of drug-likeness (QED) is 0.781. The van der Waals surface area contributed by atoms with E-state index in [0.29, 0.717) is 16.7 Å². The van der Waals surface area contributed by atoms with E-state index >= 15 is 0 Å². The van der Waals surface area contributed by atoms with E-state index in [9.17, 15) is 14.7 Å². The van der Waals surface area contributed by atoms with E-state index in [1.54, 1.807) is 29.7 Å². The first-order valence-corrected chi connectivity index (χ1v) is 8.97. The third-order valence-corrected chi connectivity index (χ3v) is 5.85. The number of nitrogens with one attached hydrogen (secondary N) is 1. The van der Waals surface area contributed by atoms with Crippen LogP contribution in [0.25, 0.3) is 5.57 Å². The number of amides is 2. The molecule has 0 radical (unpaired) electrons. The van der Waals surface area contributed by atoms with Crippen LogP contribution >= 0.6 is 11.8 Å². The zero-order valence-electron chi connectivity index (χ0n) is 13.7. The van der Waals surface area contributed by atoms with Gasteiger partial charge in [0.25, 0.3) is 5.91 Å². The molecule has 26 heavy (non-hydrogen) atoms. The van der Waals surface area contributed by atoms with Crippen molar-refractivity contribution in [3.63, 3.8) is 0 Å². The van der Waals surface area contributed by atoms with E-state index in [4.69, 9.17) is 5.73 Å². The molecule has 0 aromatic heterocycles. The van der Waals surface area contributed by atoms with Crippen LogP contribution in [-0.2, 0) is 9.59 Å². The monoisotopic (exact) mass is 364 g/mol. The molecule has 0 aliphatic carbocycles. The van der Waals surface area contributed by atoms with Gasteiger partial charge in [-0.05, 0) is 22.1 Å². The molecule has 2 aliphatic rings. The second kappa shape index (κ2) is 6.07. The average molecular weight is 364 g/mol. The minimum atomic E-state index is -1.49. The molecule has 2 aliphatic heterocycles. The molecule has 0 bridgehead atoms. The highest BCUT2D eigenvalue weighted by atomic mass is 32.2. The number of benzene rings is 2. The van der Waals surface area contributed by atoms with Crippen LogP contribution in [0.15, 0.2) is 77.4 Å². The van der Waals surface area contributed by atoms with Gasteiger partial charge in [-0.1, -0.05) is 72.4 Å². The molecule has 2 heterocycles. The number of carbonyl (C=O) groups excluding carboxylic acids is 2. The lowest BCUT2D eigenvalue weighted by atomic mass is 9.82. The maximum atomic E-state index is 12.8. The highest BCUT2D eigenvalue weighted by Crippen LogP contribution is 2.52. The number of nitrogens with two attached hydrogens (primary N) is 1. The summed E-state index contributed by atoms with van der Waals surface area (Å²) in [4.78, 5) is 23.5. The predicted octanol–water partition coefficient (Wildman–Crippen LogP) is 2.68. The average Bonchev–Trinajstić information content (AvgIpc) is 3.04. The number of fused-ring (bicyclic) bond motifs is 1. The van der Waals surface area contributed by atoms with Crippen molar-refractivity contribution in [1.29, 1.82) is 0 Å². The third kappa shape index (κ3) is 2.34. The minimum Gasteiger partial charge on any atom is -0.511 e. The molecule has 4 rings (SSSR count). The van der Waals surface area contributed by atoms with Gasteiger partial charge in [0, 0.05) is 5.57 Å². The summed E-state index contributed by atoms with van der Waals surface area (Å²) in [6.45, 7) is 0. The fourth-order valence-corrected chi connectivity index (χ4v) is 4.56. The van der Waals surface area contributed by atoms with Crippen molar-refractivity contribution in [3.8, 4) is 0 Å². The lowest BCUT2D eigenvalue weighted by Crippen LogP contribution is -2.59. The number of carbonyl (C=O) groups is 2. The number of aliphatic hydroxyl groups is 1. The fourth-order valence-electron chi connectivity index (χ4n) is 3.41. The van der Waals surface area contributed by atoms with Crippen molar-refractivity contribution in [2.24, 2.45) is 5.73 Å². The lowest BCUT2D eigenvalue weighted by Gasteiger charge is -2.36. The fraction of sp³-hybridized carbons (Fsp3) is 0.100. The predicted molar refractivity (Wildman–Crippen MR) is 101 cm³/mol. The molecule has 2 atom stereocenters. The Hall–Kier alpha value is -2.99. The van der Waals surface area contributed by atoms with Crippen LogP contribution in [0, 0.1) is 0 Å². The molecule has 6 heteroatoms. The summed E-state index contributed by atoms with van der Waals surface area (Å²) >= 11 is 1.10. The standard InChI is InChI=1S/C20H16N2O3S/c21-19(25)20-16(14(11-26-20)12-7-3-1-4-8-12)17(23)15(18(24)22-20)13-9-5-2-6-10-13/h1-11,15,23H,(H2,21,25)(H,22,24). The van der Waals surface area contributed by atoms with Crippen LogP contribution in [0.3, 0.4) is 0 Å². The summed E-state index contributed by atoms with van der Waals surface area (Å²) in [7, 11) is 0. The van der Waals surface area contributed by atoms with Gasteiger partial charge < -0.3 is 16.2 Å². The minimum absolute atomic E-state index is 0.140. The Balaban J connectivity index is 1.93. The first-order valence-electron chi connectivity index (χ1n) is 8.09. The van der Waals surface area contributed by atoms with Crippen LogP contribution in [0.1, 0.15) is 17.0 Å². The zero-order chi connectivity index (χ0) is 18.3. The molecule has 2 aromatic carbocycles. The maximum absolute atomic E-state index is 12.8. The van der Waals surface area contributed by atoms with Crippen LogP contribution in [0.5, 0.6) is 0 Å². The Morgan fingerprint density at radius 2 is 1.69 bits per heavy atom. The summed E-state index contributed by atoms with van der Waals surface area (Å²) < 4.78 is 0. The van der Waals surface area contributed by atoms with Crippen molar-refractivity contribution in [2.75, 3.05) is 0 Å².